The number of hydrogen-bond donors (Lipinski definition) is 0. The fourth-order valence-electron chi connectivity index (χ4n) is 2.44. The van der Waals surface area contributed by atoms with E-state index in [4.69, 9.17) is 4.84 Å². The molecule has 0 radical (unpaired) electrons. The van der Waals surface area contributed by atoms with Crippen LogP contribution < -0.4 is 0 Å². The molecule has 0 spiro atoms. The van der Waals surface area contributed by atoms with Gasteiger partial charge in [0.1, 0.15) is 6.04 Å². The first kappa shape index (κ1) is 18.3. The standard InChI is InChI=1S/C18H13BrF3NO3/c19-14-9-5-4-8-13(14)15-10-16(12-6-2-1-3-7-12)26-23(15)17(24)25-11-18(20,21)22/h1-10,15H,11H2. The fraction of sp³-hybridized carbons (Fsp3) is 0.167. The average Bonchev–Trinajstić information content (AvgIpc) is 3.05. The molecule has 1 unspecified atom stereocenters. The number of alkyl halides is 3. The van der Waals surface area contributed by atoms with E-state index in [0.717, 1.165) is 5.06 Å². The predicted molar refractivity (Wildman–Crippen MR) is 91.6 cm³/mol. The molecule has 3 rings (SSSR count). The number of halogens is 4. The molecule has 136 valence electrons. The van der Waals surface area contributed by atoms with Crippen molar-refractivity contribution in [2.75, 3.05) is 6.61 Å². The van der Waals surface area contributed by atoms with Crippen molar-refractivity contribution in [2.45, 2.75) is 12.2 Å². The molecule has 0 saturated heterocycles. The van der Waals surface area contributed by atoms with Crippen LogP contribution >= 0.6 is 15.9 Å². The first-order chi connectivity index (χ1) is 12.3. The molecule has 0 bridgehead atoms. The summed E-state index contributed by atoms with van der Waals surface area (Å²) in [6.45, 7) is -1.69. The minimum Gasteiger partial charge on any atom is -0.438 e. The van der Waals surface area contributed by atoms with Gasteiger partial charge in [-0.1, -0.05) is 64.5 Å². The summed E-state index contributed by atoms with van der Waals surface area (Å²) < 4.78 is 42.2. The lowest BCUT2D eigenvalue weighted by molar-refractivity contribution is -0.171. The summed E-state index contributed by atoms with van der Waals surface area (Å²) in [6, 6.07) is 15.3. The van der Waals surface area contributed by atoms with Gasteiger partial charge in [-0.25, -0.2) is 4.79 Å². The number of rotatable bonds is 3. The summed E-state index contributed by atoms with van der Waals surface area (Å²) in [4.78, 5) is 17.7. The molecule has 1 aliphatic rings. The lowest BCUT2D eigenvalue weighted by Gasteiger charge is -2.23. The van der Waals surface area contributed by atoms with E-state index in [1.54, 1.807) is 54.6 Å². The zero-order valence-corrected chi connectivity index (χ0v) is 14.8. The van der Waals surface area contributed by atoms with Gasteiger partial charge in [0.05, 0.1) is 0 Å². The molecule has 0 saturated carbocycles. The molecular weight excluding hydrogens is 415 g/mol. The predicted octanol–water partition coefficient (Wildman–Crippen LogP) is 5.48. The quantitative estimate of drug-likeness (QED) is 0.650. The molecule has 2 aromatic rings. The van der Waals surface area contributed by atoms with E-state index in [0.29, 0.717) is 21.4 Å². The van der Waals surface area contributed by atoms with Crippen molar-refractivity contribution in [3.05, 3.63) is 76.3 Å². The van der Waals surface area contributed by atoms with E-state index in [-0.39, 0.29) is 0 Å². The Morgan fingerprint density at radius 1 is 1.12 bits per heavy atom. The molecule has 0 N–H and O–H groups in total. The summed E-state index contributed by atoms with van der Waals surface area (Å²) in [5, 5.41) is 0.800. The maximum Gasteiger partial charge on any atom is 0.444 e. The van der Waals surface area contributed by atoms with Crippen molar-refractivity contribution in [3.8, 4) is 0 Å². The zero-order valence-electron chi connectivity index (χ0n) is 13.2. The Labute approximate surface area is 155 Å². The molecule has 8 heteroatoms. The molecule has 0 aromatic heterocycles. The SMILES string of the molecule is O=C(OCC(F)(F)F)N1OC(c2ccccc2)=CC1c1ccccc1Br. The third-order valence-corrected chi connectivity index (χ3v) is 4.30. The van der Waals surface area contributed by atoms with Crippen molar-refractivity contribution in [2.24, 2.45) is 0 Å². The van der Waals surface area contributed by atoms with Gasteiger partial charge < -0.3 is 9.57 Å². The normalized spacial score (nSPS) is 16.8. The van der Waals surface area contributed by atoms with Gasteiger partial charge in [-0.15, -0.1) is 5.06 Å². The number of amides is 1. The summed E-state index contributed by atoms with van der Waals surface area (Å²) >= 11 is 3.39. The van der Waals surface area contributed by atoms with E-state index in [1.165, 1.54) is 0 Å². The van der Waals surface area contributed by atoms with Crippen LogP contribution in [0.3, 0.4) is 0 Å². The maximum absolute atomic E-state index is 12.4. The Kier molecular flexibility index (Phi) is 5.22. The molecule has 1 heterocycles. The van der Waals surface area contributed by atoms with Gasteiger partial charge in [0.15, 0.2) is 12.4 Å². The third kappa shape index (κ3) is 4.19. The number of carbonyl (C=O) groups excluding carboxylic acids is 1. The Morgan fingerprint density at radius 2 is 1.77 bits per heavy atom. The Balaban J connectivity index is 1.90. The number of ether oxygens (including phenoxy) is 1. The van der Waals surface area contributed by atoms with E-state index in [1.807, 2.05) is 6.07 Å². The van der Waals surface area contributed by atoms with Crippen LogP contribution in [0.4, 0.5) is 18.0 Å². The van der Waals surface area contributed by atoms with Crippen molar-refractivity contribution >= 4 is 27.8 Å². The molecule has 2 aromatic carbocycles. The van der Waals surface area contributed by atoms with Crippen molar-refractivity contribution in [1.82, 2.24) is 5.06 Å². The number of carbonyl (C=O) groups is 1. The van der Waals surface area contributed by atoms with Crippen LogP contribution in [0.2, 0.25) is 0 Å². The van der Waals surface area contributed by atoms with Crippen molar-refractivity contribution in [3.63, 3.8) is 0 Å². The second kappa shape index (κ2) is 7.41. The van der Waals surface area contributed by atoms with Gasteiger partial charge in [0.2, 0.25) is 0 Å². The second-order valence-electron chi connectivity index (χ2n) is 5.45. The number of hydrogen-bond acceptors (Lipinski definition) is 3. The van der Waals surface area contributed by atoms with Gasteiger partial charge >= 0.3 is 12.3 Å². The lowest BCUT2D eigenvalue weighted by Crippen LogP contribution is -2.33. The summed E-state index contributed by atoms with van der Waals surface area (Å²) in [6.07, 6.45) is -4.18. The van der Waals surface area contributed by atoms with Gasteiger partial charge in [-0.2, -0.15) is 13.2 Å². The van der Waals surface area contributed by atoms with Crippen LogP contribution in [-0.2, 0) is 9.57 Å². The van der Waals surface area contributed by atoms with Gasteiger partial charge in [-0.3, -0.25) is 0 Å². The topological polar surface area (TPSA) is 38.8 Å². The molecule has 26 heavy (non-hydrogen) atoms. The van der Waals surface area contributed by atoms with Crippen LogP contribution in [0.25, 0.3) is 5.76 Å². The molecule has 1 aliphatic heterocycles. The molecule has 1 atom stereocenters. The Morgan fingerprint density at radius 3 is 2.42 bits per heavy atom. The molecule has 0 aliphatic carbocycles. The first-order valence-corrected chi connectivity index (χ1v) is 8.37. The Hall–Kier alpha value is -2.48. The van der Waals surface area contributed by atoms with E-state index in [9.17, 15) is 18.0 Å². The van der Waals surface area contributed by atoms with Crippen molar-refractivity contribution in [1.29, 1.82) is 0 Å². The van der Waals surface area contributed by atoms with E-state index < -0.39 is 24.9 Å². The van der Waals surface area contributed by atoms with Crippen molar-refractivity contribution < 1.29 is 27.5 Å². The highest BCUT2D eigenvalue weighted by atomic mass is 79.9. The fourth-order valence-corrected chi connectivity index (χ4v) is 2.96. The van der Waals surface area contributed by atoms with E-state index >= 15 is 0 Å². The number of nitrogens with zero attached hydrogens (tertiary/aromatic N) is 1. The minimum absolute atomic E-state index is 0.357. The highest BCUT2D eigenvalue weighted by Gasteiger charge is 2.38. The van der Waals surface area contributed by atoms with Crippen LogP contribution in [-0.4, -0.2) is 23.9 Å². The van der Waals surface area contributed by atoms with E-state index in [2.05, 4.69) is 20.7 Å². The Bertz CT molecular complexity index is 824. The molecule has 1 amide bonds. The van der Waals surface area contributed by atoms with Gasteiger partial charge in [0.25, 0.3) is 0 Å². The highest BCUT2D eigenvalue weighted by molar-refractivity contribution is 9.10. The summed E-state index contributed by atoms with van der Waals surface area (Å²) in [5.41, 5.74) is 1.35. The smallest absolute Gasteiger partial charge is 0.438 e. The molecule has 0 fully saturated rings. The summed E-state index contributed by atoms with van der Waals surface area (Å²) in [5.74, 6) is 0.357. The van der Waals surface area contributed by atoms with Crippen LogP contribution in [0, 0.1) is 0 Å². The number of hydroxylamine groups is 2. The largest absolute Gasteiger partial charge is 0.444 e. The van der Waals surface area contributed by atoms with Crippen LogP contribution in [0.5, 0.6) is 0 Å². The van der Waals surface area contributed by atoms with Gasteiger partial charge in [-0.05, 0) is 17.7 Å². The van der Waals surface area contributed by atoms with Crippen LogP contribution in [0.15, 0.2) is 65.1 Å². The molecule has 4 nitrogen and oxygen atoms in total. The minimum atomic E-state index is -4.62. The second-order valence-corrected chi connectivity index (χ2v) is 6.30. The number of benzene rings is 2. The first-order valence-electron chi connectivity index (χ1n) is 7.57. The molecular formula is C18H13BrF3NO3. The maximum atomic E-state index is 12.4. The average molecular weight is 428 g/mol. The summed E-state index contributed by atoms with van der Waals surface area (Å²) in [7, 11) is 0. The van der Waals surface area contributed by atoms with Gasteiger partial charge in [0, 0.05) is 10.0 Å². The zero-order chi connectivity index (χ0) is 18.7. The van der Waals surface area contributed by atoms with Crippen LogP contribution in [0.1, 0.15) is 17.2 Å². The third-order valence-electron chi connectivity index (χ3n) is 3.58. The highest BCUT2D eigenvalue weighted by Crippen LogP contribution is 2.39. The monoisotopic (exact) mass is 427 g/mol. The lowest BCUT2D eigenvalue weighted by atomic mass is 10.1.